The first-order valence-electron chi connectivity index (χ1n) is 14.2. The summed E-state index contributed by atoms with van der Waals surface area (Å²) < 4.78 is 0. The van der Waals surface area contributed by atoms with Crippen LogP contribution < -0.4 is 0 Å². The van der Waals surface area contributed by atoms with E-state index in [2.05, 4.69) is 111 Å². The Labute approximate surface area is 218 Å². The summed E-state index contributed by atoms with van der Waals surface area (Å²) in [6, 6.07) is 0. The summed E-state index contributed by atoms with van der Waals surface area (Å²) in [7, 11) is 0. The molecule has 2 aliphatic heterocycles. The average Bonchev–Trinajstić information content (AvgIpc) is 3.54. The molecule has 0 N–H and O–H groups in total. The Morgan fingerprint density at radius 1 is 0.429 bits per heavy atom. The van der Waals surface area contributed by atoms with Gasteiger partial charge >= 0.3 is 0 Å². The Hall–Kier alpha value is -0.160. The first-order chi connectivity index (χ1) is 15.4. The van der Waals surface area contributed by atoms with Gasteiger partial charge in [-0.2, -0.15) is 19.6 Å². The van der Waals surface area contributed by atoms with Crippen molar-refractivity contribution in [3.63, 3.8) is 0 Å². The van der Waals surface area contributed by atoms with Crippen molar-refractivity contribution in [2.45, 2.75) is 161 Å². The van der Waals surface area contributed by atoms with Crippen LogP contribution in [0.3, 0.4) is 0 Å². The molecule has 0 saturated carbocycles. The minimum Gasteiger partial charge on any atom is -0.194 e. The van der Waals surface area contributed by atoms with Gasteiger partial charge in [-0.05, 0) is 72.0 Å². The first-order valence-corrected chi connectivity index (χ1v) is 14.2. The van der Waals surface area contributed by atoms with Gasteiger partial charge < -0.3 is 0 Å². The van der Waals surface area contributed by atoms with Crippen LogP contribution in [-0.4, -0.2) is 11.6 Å². The van der Waals surface area contributed by atoms with Crippen LogP contribution in [0.1, 0.15) is 149 Å². The molecule has 0 aromatic heterocycles. The SMILES string of the molecule is CCC(CCC1(C(C)(C)C2(CCC(CC)(C(C)(C)C)C(C)(C)C)OO2)OO1)(C(C)(C)C)C(C)(C)C. The predicted octanol–water partition coefficient (Wildman–Crippen LogP) is 9.87. The number of hydrogen-bond acceptors (Lipinski definition) is 4. The minimum absolute atomic E-state index is 0.145. The lowest BCUT2D eigenvalue weighted by atomic mass is 9.50. The van der Waals surface area contributed by atoms with Gasteiger partial charge in [-0.15, -0.1) is 0 Å². The number of rotatable bonds is 10. The molecule has 208 valence electrons. The zero-order valence-corrected chi connectivity index (χ0v) is 26.4. The molecular weight excluding hydrogens is 436 g/mol. The van der Waals surface area contributed by atoms with Gasteiger partial charge in [0, 0.05) is 12.8 Å². The van der Waals surface area contributed by atoms with Crippen LogP contribution in [0.2, 0.25) is 0 Å². The van der Waals surface area contributed by atoms with Crippen LogP contribution in [0.4, 0.5) is 0 Å². The zero-order valence-electron chi connectivity index (χ0n) is 26.4. The molecule has 4 heteroatoms. The van der Waals surface area contributed by atoms with Crippen LogP contribution in [0.5, 0.6) is 0 Å². The zero-order chi connectivity index (χ0) is 27.6. The molecule has 2 saturated heterocycles. The second-order valence-electron chi connectivity index (χ2n) is 16.3. The Kier molecular flexibility index (Phi) is 7.95. The summed E-state index contributed by atoms with van der Waals surface area (Å²) >= 11 is 0. The summed E-state index contributed by atoms with van der Waals surface area (Å²) in [4.78, 5) is 23.5. The Bertz CT molecular complexity index is 638. The van der Waals surface area contributed by atoms with Gasteiger partial charge in [-0.25, -0.2) is 0 Å². The van der Waals surface area contributed by atoms with E-state index in [1.165, 1.54) is 0 Å². The summed E-state index contributed by atoms with van der Waals surface area (Å²) in [5.41, 5.74) is 0.481. The van der Waals surface area contributed by atoms with Crippen molar-refractivity contribution < 1.29 is 19.6 Å². The van der Waals surface area contributed by atoms with Crippen molar-refractivity contribution >= 4 is 0 Å². The number of hydrogen-bond donors (Lipinski definition) is 0. The van der Waals surface area contributed by atoms with Crippen molar-refractivity contribution in [1.82, 2.24) is 0 Å². The van der Waals surface area contributed by atoms with E-state index in [-0.39, 0.29) is 32.5 Å². The lowest BCUT2D eigenvalue weighted by molar-refractivity contribution is -0.0753. The highest BCUT2D eigenvalue weighted by molar-refractivity contribution is 5.08. The molecule has 2 aliphatic rings. The van der Waals surface area contributed by atoms with Gasteiger partial charge in [-0.1, -0.05) is 96.9 Å². The molecule has 0 spiro atoms. The lowest BCUT2D eigenvalue weighted by Crippen LogP contribution is -2.51. The van der Waals surface area contributed by atoms with Crippen LogP contribution in [0, 0.1) is 37.9 Å². The van der Waals surface area contributed by atoms with Crippen LogP contribution in [-0.2, 0) is 19.6 Å². The minimum atomic E-state index is -0.682. The molecule has 35 heavy (non-hydrogen) atoms. The van der Waals surface area contributed by atoms with Gasteiger partial charge in [-0.3, -0.25) is 0 Å². The molecule has 0 aromatic rings. The monoisotopic (exact) mass is 496 g/mol. The van der Waals surface area contributed by atoms with Gasteiger partial charge in [0.25, 0.3) is 0 Å². The summed E-state index contributed by atoms with van der Waals surface area (Å²) in [5, 5.41) is 0. The summed E-state index contributed by atoms with van der Waals surface area (Å²) in [6.45, 7) is 37.7. The van der Waals surface area contributed by atoms with E-state index in [1.54, 1.807) is 0 Å². The molecular formula is C31H60O4. The summed E-state index contributed by atoms with van der Waals surface area (Å²) in [6.07, 6.45) is 5.94. The molecule has 0 aromatic carbocycles. The first kappa shape index (κ1) is 31.1. The Balaban J connectivity index is 2.31. The maximum Gasteiger partial charge on any atom is 0.244 e. The Morgan fingerprint density at radius 3 is 0.800 bits per heavy atom. The highest BCUT2D eigenvalue weighted by Crippen LogP contribution is 2.67. The third-order valence-electron chi connectivity index (χ3n) is 11.2. The standard InChI is InChI=1S/C31H60O4/c1-17-28(23(3,4)5,24(6,7)8)19-21-30(32-33-30)27(15,16)31(34-35-31)22-20-29(18-2,25(9,10)11)26(12,13)14/h17-22H2,1-16H3. The van der Waals surface area contributed by atoms with E-state index in [0.717, 1.165) is 38.5 Å². The highest BCUT2D eigenvalue weighted by atomic mass is 17.4. The van der Waals surface area contributed by atoms with Crippen molar-refractivity contribution in [3.05, 3.63) is 0 Å². The smallest absolute Gasteiger partial charge is 0.194 e. The van der Waals surface area contributed by atoms with Crippen molar-refractivity contribution in [2.24, 2.45) is 37.9 Å². The molecule has 2 rings (SSSR count). The second-order valence-corrected chi connectivity index (χ2v) is 16.3. The third-order valence-corrected chi connectivity index (χ3v) is 11.2. The summed E-state index contributed by atoms with van der Waals surface area (Å²) in [5.74, 6) is -1.36. The van der Waals surface area contributed by atoms with Crippen LogP contribution in [0.15, 0.2) is 0 Å². The fourth-order valence-corrected chi connectivity index (χ4v) is 8.58. The van der Waals surface area contributed by atoms with Gasteiger partial charge in [0.2, 0.25) is 11.6 Å². The Morgan fingerprint density at radius 2 is 0.657 bits per heavy atom. The van der Waals surface area contributed by atoms with Gasteiger partial charge in [0.1, 0.15) is 0 Å². The van der Waals surface area contributed by atoms with Crippen molar-refractivity contribution in [2.75, 3.05) is 0 Å². The molecule has 0 amide bonds. The van der Waals surface area contributed by atoms with E-state index in [1.807, 2.05) is 0 Å². The molecule has 2 heterocycles. The topological polar surface area (TPSA) is 50.1 Å². The molecule has 0 bridgehead atoms. The second kappa shape index (κ2) is 8.95. The molecule has 0 unspecified atom stereocenters. The van der Waals surface area contributed by atoms with E-state index >= 15 is 0 Å². The highest BCUT2D eigenvalue weighted by Gasteiger charge is 2.76. The molecule has 0 atom stereocenters. The maximum absolute atomic E-state index is 5.89. The third kappa shape index (κ3) is 4.88. The van der Waals surface area contributed by atoms with Crippen LogP contribution in [0.25, 0.3) is 0 Å². The van der Waals surface area contributed by atoms with Gasteiger partial charge in [0.05, 0.1) is 5.41 Å². The molecule has 0 radical (unpaired) electrons. The molecule has 0 aliphatic carbocycles. The van der Waals surface area contributed by atoms with Crippen molar-refractivity contribution in [1.29, 1.82) is 0 Å². The average molecular weight is 497 g/mol. The van der Waals surface area contributed by atoms with E-state index in [4.69, 9.17) is 19.6 Å². The van der Waals surface area contributed by atoms with Crippen LogP contribution >= 0.6 is 0 Å². The fraction of sp³-hybridized carbons (Fsp3) is 1.00. The van der Waals surface area contributed by atoms with E-state index in [0.29, 0.717) is 0 Å². The maximum atomic E-state index is 5.89. The van der Waals surface area contributed by atoms with E-state index < -0.39 is 17.0 Å². The van der Waals surface area contributed by atoms with Crippen molar-refractivity contribution in [3.8, 4) is 0 Å². The van der Waals surface area contributed by atoms with Gasteiger partial charge in [0.15, 0.2) is 0 Å². The predicted molar refractivity (Wildman–Crippen MR) is 145 cm³/mol. The molecule has 2 fully saturated rings. The quantitative estimate of drug-likeness (QED) is 0.223. The molecule has 4 nitrogen and oxygen atoms in total. The normalized spacial score (nSPS) is 21.3. The largest absolute Gasteiger partial charge is 0.244 e. The fourth-order valence-electron chi connectivity index (χ4n) is 8.58. The lowest BCUT2D eigenvalue weighted by Gasteiger charge is -2.55. The van der Waals surface area contributed by atoms with E-state index in [9.17, 15) is 0 Å².